The van der Waals surface area contributed by atoms with Gasteiger partial charge in [-0.25, -0.2) is 4.79 Å². The van der Waals surface area contributed by atoms with Gasteiger partial charge in [0.2, 0.25) is 0 Å². The van der Waals surface area contributed by atoms with Crippen molar-refractivity contribution in [3.05, 3.63) is 65.2 Å². The molecule has 2 rings (SSSR count). The van der Waals surface area contributed by atoms with Crippen molar-refractivity contribution >= 4 is 11.9 Å². The zero-order valence-electron chi connectivity index (χ0n) is 12.8. The largest absolute Gasteiger partial charge is 0.412 e. The third-order valence-electron chi connectivity index (χ3n) is 3.34. The van der Waals surface area contributed by atoms with Crippen molar-refractivity contribution in [1.82, 2.24) is 5.32 Å². The van der Waals surface area contributed by atoms with E-state index in [2.05, 4.69) is 5.32 Å². The Hall–Kier alpha value is -2.62. The van der Waals surface area contributed by atoms with Crippen LogP contribution in [-0.2, 0) is 6.42 Å². The van der Waals surface area contributed by atoms with Gasteiger partial charge in [-0.1, -0.05) is 42.0 Å². The Labute approximate surface area is 130 Å². The van der Waals surface area contributed by atoms with Crippen molar-refractivity contribution < 1.29 is 14.3 Å². The minimum absolute atomic E-state index is 0.0819. The van der Waals surface area contributed by atoms with Crippen LogP contribution in [0.4, 0.5) is 4.79 Å². The van der Waals surface area contributed by atoms with Crippen LogP contribution in [0.2, 0.25) is 0 Å². The molecule has 0 fully saturated rings. The van der Waals surface area contributed by atoms with Crippen LogP contribution in [0, 0.1) is 6.92 Å². The van der Waals surface area contributed by atoms with Gasteiger partial charge in [0.05, 0.1) is 0 Å². The van der Waals surface area contributed by atoms with Crippen LogP contribution in [0.1, 0.15) is 27.9 Å². The van der Waals surface area contributed by atoms with Gasteiger partial charge >= 0.3 is 6.09 Å². The van der Waals surface area contributed by atoms with E-state index >= 15 is 0 Å². The average Bonchev–Trinajstić information content (AvgIpc) is 2.53. The van der Waals surface area contributed by atoms with Gasteiger partial charge in [0, 0.05) is 19.0 Å². The first-order valence-electron chi connectivity index (χ1n) is 7.17. The number of carbonyl (C=O) groups excluding carboxylic acids is 2. The van der Waals surface area contributed by atoms with Gasteiger partial charge < -0.3 is 10.1 Å². The number of nitrogens with one attached hydrogen (secondary N) is 1. The molecule has 0 heterocycles. The highest BCUT2D eigenvalue weighted by Gasteiger charge is 2.11. The van der Waals surface area contributed by atoms with Crippen molar-refractivity contribution in [1.29, 1.82) is 0 Å². The van der Waals surface area contributed by atoms with Gasteiger partial charge in [-0.05, 0) is 31.0 Å². The molecule has 4 heteroatoms. The predicted molar refractivity (Wildman–Crippen MR) is 85.4 cm³/mol. The van der Waals surface area contributed by atoms with E-state index in [1.807, 2.05) is 43.3 Å². The lowest BCUT2D eigenvalue weighted by molar-refractivity contribution is 0.0982. The summed E-state index contributed by atoms with van der Waals surface area (Å²) in [4.78, 5) is 23.6. The fourth-order valence-corrected chi connectivity index (χ4v) is 2.17. The molecule has 1 amide bonds. The van der Waals surface area contributed by atoms with Crippen LogP contribution in [0.15, 0.2) is 48.5 Å². The number of rotatable bonds is 5. The SMILES string of the molecule is CNC(=O)Oc1ccccc1CCC(=O)c1cccc(C)c1. The normalized spacial score (nSPS) is 10.1. The van der Waals surface area contributed by atoms with Gasteiger partial charge in [-0.15, -0.1) is 0 Å². The predicted octanol–water partition coefficient (Wildman–Crippen LogP) is 3.53. The van der Waals surface area contributed by atoms with Crippen LogP contribution in [0.3, 0.4) is 0 Å². The summed E-state index contributed by atoms with van der Waals surface area (Å²) in [7, 11) is 1.51. The maximum absolute atomic E-state index is 12.2. The first-order valence-corrected chi connectivity index (χ1v) is 7.17. The molecule has 0 spiro atoms. The van der Waals surface area contributed by atoms with Crippen molar-refractivity contribution in [3.8, 4) is 5.75 Å². The zero-order valence-corrected chi connectivity index (χ0v) is 12.8. The van der Waals surface area contributed by atoms with Crippen LogP contribution in [0.25, 0.3) is 0 Å². The molecule has 0 saturated carbocycles. The molecule has 0 unspecified atom stereocenters. The summed E-state index contributed by atoms with van der Waals surface area (Å²) >= 11 is 0. The van der Waals surface area contributed by atoms with Crippen LogP contribution >= 0.6 is 0 Å². The number of benzene rings is 2. The fraction of sp³-hybridized carbons (Fsp3) is 0.222. The Balaban J connectivity index is 2.05. The van der Waals surface area contributed by atoms with Crippen molar-refractivity contribution in [3.63, 3.8) is 0 Å². The number of aryl methyl sites for hydroxylation is 2. The van der Waals surface area contributed by atoms with Crippen LogP contribution < -0.4 is 10.1 Å². The first-order chi connectivity index (χ1) is 10.6. The van der Waals surface area contributed by atoms with Gasteiger partial charge in [0.15, 0.2) is 5.78 Å². The first kappa shape index (κ1) is 15.8. The van der Waals surface area contributed by atoms with Gasteiger partial charge in [-0.2, -0.15) is 0 Å². The van der Waals surface area contributed by atoms with E-state index in [0.717, 1.165) is 11.1 Å². The van der Waals surface area contributed by atoms with E-state index in [1.54, 1.807) is 12.1 Å². The number of ketones is 1. The lowest BCUT2D eigenvalue weighted by Crippen LogP contribution is -2.22. The highest BCUT2D eigenvalue weighted by Crippen LogP contribution is 2.20. The zero-order chi connectivity index (χ0) is 15.9. The molecule has 4 nitrogen and oxygen atoms in total. The fourth-order valence-electron chi connectivity index (χ4n) is 2.17. The molecule has 0 saturated heterocycles. The molecule has 2 aromatic rings. The minimum Gasteiger partial charge on any atom is -0.410 e. The maximum Gasteiger partial charge on any atom is 0.412 e. The topological polar surface area (TPSA) is 55.4 Å². The molecule has 2 aromatic carbocycles. The second kappa shape index (κ2) is 7.41. The lowest BCUT2D eigenvalue weighted by Gasteiger charge is -2.09. The molecule has 1 N–H and O–H groups in total. The van der Waals surface area contributed by atoms with Gasteiger partial charge in [0.25, 0.3) is 0 Å². The highest BCUT2D eigenvalue weighted by atomic mass is 16.6. The van der Waals surface area contributed by atoms with Gasteiger partial charge in [0.1, 0.15) is 5.75 Å². The summed E-state index contributed by atoms with van der Waals surface area (Å²) in [5, 5.41) is 2.41. The molecule has 0 radical (unpaired) electrons. The minimum atomic E-state index is -0.516. The summed E-state index contributed by atoms with van der Waals surface area (Å²) < 4.78 is 5.19. The van der Waals surface area contributed by atoms with Crippen LogP contribution in [0.5, 0.6) is 5.75 Å². The number of hydrogen-bond acceptors (Lipinski definition) is 3. The molecule has 0 atom stereocenters. The monoisotopic (exact) mass is 297 g/mol. The highest BCUT2D eigenvalue weighted by molar-refractivity contribution is 5.96. The van der Waals surface area contributed by atoms with Crippen molar-refractivity contribution in [2.45, 2.75) is 19.8 Å². The third kappa shape index (κ3) is 4.19. The number of para-hydroxylation sites is 1. The summed E-state index contributed by atoms with van der Waals surface area (Å²) in [6, 6.07) is 14.8. The summed E-state index contributed by atoms with van der Waals surface area (Å²) in [5.41, 5.74) is 2.62. The molecule has 114 valence electrons. The number of Topliss-reactive ketones (excluding diaryl/α,β-unsaturated/α-hetero) is 1. The molecular formula is C18H19NO3. The Morgan fingerprint density at radius 2 is 1.86 bits per heavy atom. The second-order valence-corrected chi connectivity index (χ2v) is 5.04. The van der Waals surface area contributed by atoms with Crippen molar-refractivity contribution in [2.75, 3.05) is 7.05 Å². The van der Waals surface area contributed by atoms with Crippen LogP contribution in [-0.4, -0.2) is 18.9 Å². The number of amides is 1. The Morgan fingerprint density at radius 1 is 1.09 bits per heavy atom. The molecule has 0 aliphatic carbocycles. The van der Waals surface area contributed by atoms with E-state index in [4.69, 9.17) is 4.74 Å². The second-order valence-electron chi connectivity index (χ2n) is 5.04. The molecular weight excluding hydrogens is 278 g/mol. The van der Waals surface area contributed by atoms with E-state index < -0.39 is 6.09 Å². The summed E-state index contributed by atoms with van der Waals surface area (Å²) in [6.07, 6.45) is 0.384. The average molecular weight is 297 g/mol. The molecule has 0 bridgehead atoms. The molecule has 0 aromatic heterocycles. The quantitative estimate of drug-likeness (QED) is 0.859. The lowest BCUT2D eigenvalue weighted by atomic mass is 10.0. The Bertz CT molecular complexity index is 680. The maximum atomic E-state index is 12.2. The number of carbonyl (C=O) groups is 2. The van der Waals surface area contributed by atoms with E-state index in [0.29, 0.717) is 24.2 Å². The summed E-state index contributed by atoms with van der Waals surface area (Å²) in [6.45, 7) is 1.96. The van der Waals surface area contributed by atoms with Gasteiger partial charge in [-0.3, -0.25) is 4.79 Å². The molecule has 22 heavy (non-hydrogen) atoms. The molecule has 0 aliphatic heterocycles. The Kier molecular flexibility index (Phi) is 5.31. The number of hydrogen-bond donors (Lipinski definition) is 1. The molecule has 0 aliphatic rings. The van der Waals surface area contributed by atoms with E-state index in [1.165, 1.54) is 7.05 Å². The number of ether oxygens (including phenoxy) is 1. The summed E-state index contributed by atoms with van der Waals surface area (Å²) in [5.74, 6) is 0.567. The van der Waals surface area contributed by atoms with Crippen molar-refractivity contribution in [2.24, 2.45) is 0 Å². The van der Waals surface area contributed by atoms with E-state index in [-0.39, 0.29) is 5.78 Å². The smallest absolute Gasteiger partial charge is 0.410 e. The Morgan fingerprint density at radius 3 is 2.59 bits per heavy atom. The third-order valence-corrected chi connectivity index (χ3v) is 3.34. The van der Waals surface area contributed by atoms with E-state index in [9.17, 15) is 9.59 Å². The standard InChI is InChI=1S/C18H19NO3/c1-13-6-5-8-15(12-13)16(20)11-10-14-7-3-4-9-17(14)22-18(21)19-2/h3-9,12H,10-11H2,1-2H3,(H,19,21).